The normalized spacial score (nSPS) is 16.7. The first-order chi connectivity index (χ1) is 6.47. The van der Waals surface area contributed by atoms with E-state index in [0.717, 1.165) is 0 Å². The third-order valence-electron chi connectivity index (χ3n) is 2.19. The fourth-order valence-electron chi connectivity index (χ4n) is 1.59. The van der Waals surface area contributed by atoms with Crippen LogP contribution >= 0.6 is 0 Å². The van der Waals surface area contributed by atoms with Gasteiger partial charge in [-0.2, -0.15) is 0 Å². The lowest BCUT2D eigenvalue weighted by Gasteiger charge is -2.35. The van der Waals surface area contributed by atoms with E-state index in [9.17, 15) is 0 Å². The number of rotatable bonds is 6. The Hall–Kier alpha value is -0.160. The van der Waals surface area contributed by atoms with Crippen molar-refractivity contribution in [3.05, 3.63) is 0 Å². The maximum absolute atomic E-state index is 5.48. The summed E-state index contributed by atoms with van der Waals surface area (Å²) in [5.41, 5.74) is 2.79. The summed E-state index contributed by atoms with van der Waals surface area (Å²) < 4.78 is 10.8. The molecule has 0 amide bonds. The number of hydrogen-bond acceptors (Lipinski definition) is 4. The number of methoxy groups -OCH3 is 1. The first kappa shape index (κ1) is 13.8. The summed E-state index contributed by atoms with van der Waals surface area (Å²) in [6.45, 7) is 9.60. The molecule has 0 saturated carbocycles. The molecule has 2 atom stereocenters. The number of nitrogens with two attached hydrogens (primary N) is 1. The third-order valence-corrected chi connectivity index (χ3v) is 2.19. The topological polar surface area (TPSA) is 56.5 Å². The highest BCUT2D eigenvalue weighted by Gasteiger charge is 2.31. The van der Waals surface area contributed by atoms with Crippen LogP contribution in [0.2, 0.25) is 0 Å². The van der Waals surface area contributed by atoms with Crippen molar-refractivity contribution in [3.63, 3.8) is 0 Å². The largest absolute Gasteiger partial charge is 0.380 e. The first-order valence-corrected chi connectivity index (χ1v) is 5.04. The molecule has 86 valence electrons. The van der Waals surface area contributed by atoms with Crippen molar-refractivity contribution in [2.24, 2.45) is 11.3 Å². The molecule has 2 unspecified atom stereocenters. The minimum absolute atomic E-state index is 0.0277. The van der Waals surface area contributed by atoms with Gasteiger partial charge in [0.15, 0.2) is 0 Å². The Morgan fingerprint density at radius 3 is 2.21 bits per heavy atom. The molecule has 0 aromatic carbocycles. The zero-order chi connectivity index (χ0) is 11.2. The molecule has 0 radical (unpaired) electrons. The quantitative estimate of drug-likeness (QED) is 0.499. The summed E-state index contributed by atoms with van der Waals surface area (Å²) in [5.74, 6) is 5.48. The SMILES string of the molecule is CCOCC(NN)C(OC)C(C)(C)C. The van der Waals surface area contributed by atoms with Crippen molar-refractivity contribution in [2.45, 2.75) is 39.8 Å². The van der Waals surface area contributed by atoms with E-state index >= 15 is 0 Å². The number of ether oxygens (including phenoxy) is 2. The fraction of sp³-hybridized carbons (Fsp3) is 1.00. The zero-order valence-electron chi connectivity index (χ0n) is 9.96. The van der Waals surface area contributed by atoms with Crippen LogP contribution in [0.4, 0.5) is 0 Å². The van der Waals surface area contributed by atoms with Gasteiger partial charge in [-0.25, -0.2) is 0 Å². The minimum atomic E-state index is 0.0277. The van der Waals surface area contributed by atoms with Crippen molar-refractivity contribution in [3.8, 4) is 0 Å². The molecule has 0 heterocycles. The Bertz CT molecular complexity index is 146. The summed E-state index contributed by atoms with van der Waals surface area (Å²) in [6, 6.07) is 0.0277. The molecule has 0 aliphatic heterocycles. The number of hydrogen-bond donors (Lipinski definition) is 2. The van der Waals surface area contributed by atoms with Gasteiger partial charge in [-0.1, -0.05) is 20.8 Å². The van der Waals surface area contributed by atoms with Crippen molar-refractivity contribution < 1.29 is 9.47 Å². The lowest BCUT2D eigenvalue weighted by molar-refractivity contribution is -0.0351. The van der Waals surface area contributed by atoms with Gasteiger partial charge in [-0.15, -0.1) is 0 Å². The fourth-order valence-corrected chi connectivity index (χ4v) is 1.59. The summed E-state index contributed by atoms with van der Waals surface area (Å²) >= 11 is 0. The molecule has 4 heteroatoms. The van der Waals surface area contributed by atoms with E-state index in [1.807, 2.05) is 6.92 Å². The van der Waals surface area contributed by atoms with Gasteiger partial charge in [0, 0.05) is 13.7 Å². The Morgan fingerprint density at radius 2 is 1.93 bits per heavy atom. The van der Waals surface area contributed by atoms with E-state index in [4.69, 9.17) is 15.3 Å². The predicted octanol–water partition coefficient (Wildman–Crippen LogP) is 0.916. The van der Waals surface area contributed by atoms with Crippen molar-refractivity contribution in [1.82, 2.24) is 5.43 Å². The van der Waals surface area contributed by atoms with Crippen molar-refractivity contribution in [2.75, 3.05) is 20.3 Å². The summed E-state index contributed by atoms with van der Waals surface area (Å²) in [6.07, 6.45) is 0.0408. The van der Waals surface area contributed by atoms with Gasteiger partial charge in [-0.05, 0) is 12.3 Å². The van der Waals surface area contributed by atoms with Crippen LogP contribution in [-0.4, -0.2) is 32.5 Å². The standard InChI is InChI=1S/C10H24N2O2/c1-6-14-7-8(12-11)9(13-5)10(2,3)4/h8-9,12H,6-7,11H2,1-5H3. The van der Waals surface area contributed by atoms with Gasteiger partial charge in [-0.3, -0.25) is 11.3 Å². The van der Waals surface area contributed by atoms with Crippen LogP contribution in [0.1, 0.15) is 27.7 Å². The molecule has 0 saturated heterocycles. The van der Waals surface area contributed by atoms with E-state index in [-0.39, 0.29) is 17.6 Å². The Balaban J connectivity index is 4.29. The van der Waals surface area contributed by atoms with Crippen LogP contribution in [0.5, 0.6) is 0 Å². The minimum Gasteiger partial charge on any atom is -0.380 e. The predicted molar refractivity (Wildman–Crippen MR) is 57.9 cm³/mol. The Kier molecular flexibility index (Phi) is 6.27. The molecule has 3 N–H and O–H groups in total. The Morgan fingerprint density at radius 1 is 1.36 bits per heavy atom. The molecule has 0 aromatic heterocycles. The molecule has 0 rings (SSSR count). The monoisotopic (exact) mass is 204 g/mol. The van der Waals surface area contributed by atoms with E-state index in [2.05, 4.69) is 26.2 Å². The molecule has 4 nitrogen and oxygen atoms in total. The van der Waals surface area contributed by atoms with E-state index in [1.165, 1.54) is 0 Å². The maximum Gasteiger partial charge on any atom is 0.0808 e. The van der Waals surface area contributed by atoms with Gasteiger partial charge >= 0.3 is 0 Å². The third kappa shape index (κ3) is 4.37. The van der Waals surface area contributed by atoms with Crippen LogP contribution < -0.4 is 11.3 Å². The maximum atomic E-state index is 5.48. The molecule has 0 aliphatic carbocycles. The summed E-state index contributed by atoms with van der Waals surface area (Å²) in [4.78, 5) is 0. The van der Waals surface area contributed by atoms with E-state index in [1.54, 1.807) is 7.11 Å². The molecular weight excluding hydrogens is 180 g/mol. The van der Waals surface area contributed by atoms with Gasteiger partial charge in [0.25, 0.3) is 0 Å². The number of hydrazine groups is 1. The molecule has 0 aromatic rings. The summed E-state index contributed by atoms with van der Waals surface area (Å²) in [7, 11) is 1.70. The second kappa shape index (κ2) is 6.35. The van der Waals surface area contributed by atoms with Crippen LogP contribution in [0, 0.1) is 5.41 Å². The average molecular weight is 204 g/mol. The van der Waals surface area contributed by atoms with Crippen LogP contribution in [0.25, 0.3) is 0 Å². The van der Waals surface area contributed by atoms with Gasteiger partial charge in [0.05, 0.1) is 18.8 Å². The highest BCUT2D eigenvalue weighted by atomic mass is 16.5. The highest BCUT2D eigenvalue weighted by Crippen LogP contribution is 2.24. The smallest absolute Gasteiger partial charge is 0.0808 e. The molecular formula is C10H24N2O2. The second-order valence-corrected chi connectivity index (χ2v) is 4.45. The van der Waals surface area contributed by atoms with Crippen molar-refractivity contribution >= 4 is 0 Å². The van der Waals surface area contributed by atoms with E-state index in [0.29, 0.717) is 13.2 Å². The molecule has 14 heavy (non-hydrogen) atoms. The Labute approximate surface area is 87.1 Å². The second-order valence-electron chi connectivity index (χ2n) is 4.45. The molecule has 0 aliphatic rings. The van der Waals surface area contributed by atoms with Gasteiger partial charge < -0.3 is 9.47 Å². The number of nitrogens with one attached hydrogen (secondary N) is 1. The molecule has 0 fully saturated rings. The van der Waals surface area contributed by atoms with Gasteiger partial charge in [0.1, 0.15) is 0 Å². The summed E-state index contributed by atoms with van der Waals surface area (Å²) in [5, 5.41) is 0. The zero-order valence-corrected chi connectivity index (χ0v) is 9.96. The van der Waals surface area contributed by atoms with Crippen LogP contribution in [0.3, 0.4) is 0 Å². The van der Waals surface area contributed by atoms with Crippen molar-refractivity contribution in [1.29, 1.82) is 0 Å². The molecule has 0 bridgehead atoms. The first-order valence-electron chi connectivity index (χ1n) is 5.04. The van der Waals surface area contributed by atoms with Gasteiger partial charge in [0.2, 0.25) is 0 Å². The molecule has 0 spiro atoms. The lowest BCUT2D eigenvalue weighted by Crippen LogP contribution is -2.52. The van der Waals surface area contributed by atoms with Crippen LogP contribution in [-0.2, 0) is 9.47 Å². The van der Waals surface area contributed by atoms with Crippen LogP contribution in [0.15, 0.2) is 0 Å². The average Bonchev–Trinajstić information content (AvgIpc) is 2.09. The highest BCUT2D eigenvalue weighted by molar-refractivity contribution is 4.84. The van der Waals surface area contributed by atoms with E-state index < -0.39 is 0 Å². The lowest BCUT2D eigenvalue weighted by atomic mass is 9.85.